The molecule has 1 N–H and O–H groups in total. The number of carboxylic acid groups (broad SMARTS) is 1. The van der Waals surface area contributed by atoms with Crippen LogP contribution in [0.4, 0.5) is 0 Å². The van der Waals surface area contributed by atoms with Crippen LogP contribution in [0.3, 0.4) is 0 Å². The van der Waals surface area contributed by atoms with E-state index >= 15 is 0 Å². The van der Waals surface area contributed by atoms with E-state index in [4.69, 9.17) is 5.11 Å². The number of Topliss-reactive ketones (excluding diaryl/α,β-unsaturated/α-hetero) is 1. The van der Waals surface area contributed by atoms with E-state index in [1.807, 2.05) is 24.3 Å². The first-order chi connectivity index (χ1) is 12.6. The predicted octanol–water partition coefficient (Wildman–Crippen LogP) is 2.65. The van der Waals surface area contributed by atoms with Crippen molar-refractivity contribution in [2.75, 3.05) is 0 Å². The molecule has 8 heteroatoms. The maximum absolute atomic E-state index is 12.7. The van der Waals surface area contributed by atoms with Gasteiger partial charge in [0.05, 0.1) is 16.5 Å². The summed E-state index contributed by atoms with van der Waals surface area (Å²) in [6, 6.07) is 13.9. The highest BCUT2D eigenvalue weighted by Gasteiger charge is 2.29. The summed E-state index contributed by atoms with van der Waals surface area (Å²) in [6.45, 7) is 0. The highest BCUT2D eigenvalue weighted by atomic mass is 32.2. The molecule has 1 aliphatic carbocycles. The van der Waals surface area contributed by atoms with Crippen LogP contribution >= 0.6 is 11.8 Å². The summed E-state index contributed by atoms with van der Waals surface area (Å²) >= 11 is 1.34. The fourth-order valence-electron chi connectivity index (χ4n) is 2.97. The molecule has 1 aromatic heterocycles. The first-order valence-corrected chi connectivity index (χ1v) is 8.92. The lowest BCUT2D eigenvalue weighted by Gasteiger charge is -2.22. The number of aromatic carboxylic acids is 1. The lowest BCUT2D eigenvalue weighted by molar-refractivity contribution is 0.0696. The van der Waals surface area contributed by atoms with E-state index in [2.05, 4.69) is 15.5 Å². The lowest BCUT2D eigenvalue weighted by atomic mass is 9.90. The van der Waals surface area contributed by atoms with E-state index in [0.717, 1.165) is 24.0 Å². The number of carbonyl (C=O) groups excluding carboxylic acids is 1. The zero-order chi connectivity index (χ0) is 18.1. The van der Waals surface area contributed by atoms with Crippen molar-refractivity contribution in [1.29, 1.82) is 0 Å². The summed E-state index contributed by atoms with van der Waals surface area (Å²) in [4.78, 5) is 23.7. The number of aryl methyl sites for hydroxylation is 1. The molecule has 0 unspecified atom stereocenters. The molecular weight excluding hydrogens is 352 g/mol. The predicted molar refractivity (Wildman–Crippen MR) is 94.9 cm³/mol. The maximum atomic E-state index is 12.7. The summed E-state index contributed by atoms with van der Waals surface area (Å²) in [6.07, 6.45) is 1.57. The Morgan fingerprint density at radius 3 is 2.69 bits per heavy atom. The normalized spacial score (nSPS) is 16.3. The number of rotatable bonds is 4. The van der Waals surface area contributed by atoms with Crippen molar-refractivity contribution in [3.8, 4) is 5.69 Å². The summed E-state index contributed by atoms with van der Waals surface area (Å²) in [5, 5.41) is 21.0. The molecule has 0 radical (unpaired) electrons. The molecule has 1 aliphatic rings. The molecule has 0 spiro atoms. The Labute approximate surface area is 153 Å². The van der Waals surface area contributed by atoms with Crippen molar-refractivity contribution in [3.05, 3.63) is 65.2 Å². The van der Waals surface area contributed by atoms with Crippen molar-refractivity contribution < 1.29 is 14.7 Å². The number of carbonyl (C=O) groups is 2. The molecule has 130 valence electrons. The van der Waals surface area contributed by atoms with Gasteiger partial charge in [-0.15, -0.1) is 5.10 Å². The van der Waals surface area contributed by atoms with Crippen LogP contribution in [0, 0.1) is 0 Å². The van der Waals surface area contributed by atoms with Gasteiger partial charge < -0.3 is 5.11 Å². The molecule has 1 atom stereocenters. The Morgan fingerprint density at radius 2 is 1.92 bits per heavy atom. The Bertz CT molecular complexity index is 984. The van der Waals surface area contributed by atoms with Crippen molar-refractivity contribution in [3.63, 3.8) is 0 Å². The van der Waals surface area contributed by atoms with Crippen LogP contribution in [0.25, 0.3) is 5.69 Å². The quantitative estimate of drug-likeness (QED) is 0.758. The van der Waals surface area contributed by atoms with Gasteiger partial charge in [-0.3, -0.25) is 4.79 Å². The van der Waals surface area contributed by atoms with Crippen LogP contribution in [0.1, 0.15) is 32.7 Å². The molecule has 4 rings (SSSR count). The van der Waals surface area contributed by atoms with Gasteiger partial charge in [0.15, 0.2) is 5.78 Å². The van der Waals surface area contributed by atoms with Gasteiger partial charge in [0.2, 0.25) is 5.16 Å². The van der Waals surface area contributed by atoms with Crippen molar-refractivity contribution in [2.24, 2.45) is 0 Å². The van der Waals surface area contributed by atoms with Crippen LogP contribution in [0.5, 0.6) is 0 Å². The topological polar surface area (TPSA) is 98.0 Å². The molecule has 7 nitrogen and oxygen atoms in total. The largest absolute Gasteiger partial charge is 0.478 e. The Kier molecular flexibility index (Phi) is 4.26. The number of hydrogen-bond acceptors (Lipinski definition) is 6. The Hall–Kier alpha value is -3.00. The van der Waals surface area contributed by atoms with Gasteiger partial charge in [0.1, 0.15) is 0 Å². The first-order valence-electron chi connectivity index (χ1n) is 8.04. The van der Waals surface area contributed by atoms with E-state index in [9.17, 15) is 9.59 Å². The second kappa shape index (κ2) is 6.72. The van der Waals surface area contributed by atoms with Gasteiger partial charge in [0, 0.05) is 5.56 Å². The third kappa shape index (κ3) is 2.99. The van der Waals surface area contributed by atoms with Crippen molar-refractivity contribution in [2.45, 2.75) is 23.2 Å². The molecule has 2 aromatic carbocycles. The van der Waals surface area contributed by atoms with E-state index in [1.54, 1.807) is 12.1 Å². The average Bonchev–Trinajstić information content (AvgIpc) is 3.12. The van der Waals surface area contributed by atoms with Gasteiger partial charge in [-0.1, -0.05) is 36.0 Å². The number of thioether (sulfide) groups is 1. The van der Waals surface area contributed by atoms with E-state index in [1.165, 1.54) is 28.6 Å². The number of fused-ring (bicyclic) bond motifs is 1. The number of hydrogen-bond donors (Lipinski definition) is 1. The summed E-state index contributed by atoms with van der Waals surface area (Å²) in [5.41, 5.74) is 2.68. The molecule has 0 saturated carbocycles. The fraction of sp³-hybridized carbons (Fsp3) is 0.167. The summed E-state index contributed by atoms with van der Waals surface area (Å²) in [7, 11) is 0. The second-order valence-electron chi connectivity index (χ2n) is 5.89. The van der Waals surface area contributed by atoms with Gasteiger partial charge >= 0.3 is 5.97 Å². The van der Waals surface area contributed by atoms with Crippen LogP contribution in [0.2, 0.25) is 0 Å². The minimum Gasteiger partial charge on any atom is -0.478 e. The molecule has 0 bridgehead atoms. The van der Waals surface area contributed by atoms with Crippen LogP contribution < -0.4 is 0 Å². The van der Waals surface area contributed by atoms with Gasteiger partial charge in [-0.2, -0.15) is 4.68 Å². The zero-order valence-corrected chi connectivity index (χ0v) is 14.4. The van der Waals surface area contributed by atoms with E-state index in [0.29, 0.717) is 10.8 Å². The lowest BCUT2D eigenvalue weighted by Crippen LogP contribution is -2.25. The fourth-order valence-corrected chi connectivity index (χ4v) is 4.02. The summed E-state index contributed by atoms with van der Waals surface area (Å²) < 4.78 is 1.52. The highest BCUT2D eigenvalue weighted by Crippen LogP contribution is 2.33. The molecular formula is C18H14N4O3S. The average molecular weight is 366 g/mol. The molecule has 3 aromatic rings. The number of aromatic nitrogens is 4. The standard InChI is InChI=1S/C18H14N4O3S/c23-16-14-4-2-1-3-11(14)7-10-15(16)26-18-19-20-21-22(18)13-8-5-12(6-9-13)17(24)25/h1-6,8-9,15H,7,10H2,(H,24,25)/t15-/m0/s1. The molecule has 0 saturated heterocycles. The Morgan fingerprint density at radius 1 is 1.15 bits per heavy atom. The first kappa shape index (κ1) is 16.5. The Balaban J connectivity index is 1.58. The molecule has 0 aliphatic heterocycles. The molecule has 0 fully saturated rings. The zero-order valence-electron chi connectivity index (χ0n) is 13.6. The van der Waals surface area contributed by atoms with Crippen molar-refractivity contribution >= 4 is 23.5 Å². The second-order valence-corrected chi connectivity index (χ2v) is 7.06. The minimum absolute atomic E-state index is 0.0904. The smallest absolute Gasteiger partial charge is 0.335 e. The number of nitrogens with zero attached hydrogens (tertiary/aromatic N) is 4. The SMILES string of the molecule is O=C(O)c1ccc(-n2nnnc2S[C@H]2CCc3ccccc3C2=O)cc1. The highest BCUT2D eigenvalue weighted by molar-refractivity contribution is 8.00. The number of benzene rings is 2. The third-order valence-corrected chi connectivity index (χ3v) is 5.50. The third-order valence-electron chi connectivity index (χ3n) is 4.30. The number of ketones is 1. The minimum atomic E-state index is -0.991. The van der Waals surface area contributed by atoms with Crippen LogP contribution in [-0.2, 0) is 6.42 Å². The van der Waals surface area contributed by atoms with Gasteiger partial charge in [0.25, 0.3) is 0 Å². The van der Waals surface area contributed by atoms with Gasteiger partial charge in [-0.05, 0) is 53.1 Å². The van der Waals surface area contributed by atoms with Gasteiger partial charge in [-0.25, -0.2) is 4.79 Å². The maximum Gasteiger partial charge on any atom is 0.335 e. The van der Waals surface area contributed by atoms with E-state index < -0.39 is 5.97 Å². The number of tetrazole rings is 1. The molecule has 0 amide bonds. The van der Waals surface area contributed by atoms with Crippen LogP contribution in [-0.4, -0.2) is 42.3 Å². The molecule has 1 heterocycles. The number of carboxylic acids is 1. The van der Waals surface area contributed by atoms with Crippen LogP contribution in [0.15, 0.2) is 53.7 Å². The van der Waals surface area contributed by atoms with Crippen molar-refractivity contribution in [1.82, 2.24) is 20.2 Å². The monoisotopic (exact) mass is 366 g/mol. The molecule has 26 heavy (non-hydrogen) atoms. The van der Waals surface area contributed by atoms with E-state index in [-0.39, 0.29) is 16.6 Å². The summed E-state index contributed by atoms with van der Waals surface area (Å²) in [5.74, 6) is -0.901.